The van der Waals surface area contributed by atoms with Crippen molar-refractivity contribution in [3.05, 3.63) is 60.1 Å². The van der Waals surface area contributed by atoms with E-state index in [1.807, 2.05) is 24.1 Å². The number of aromatic nitrogens is 4. The molecule has 12 heteroatoms. The van der Waals surface area contributed by atoms with Gasteiger partial charge in [0.1, 0.15) is 17.8 Å². The van der Waals surface area contributed by atoms with Gasteiger partial charge in [0.05, 0.1) is 23.4 Å². The first kappa shape index (κ1) is 30.2. The average molecular weight is 624 g/mol. The van der Waals surface area contributed by atoms with Crippen LogP contribution in [0.1, 0.15) is 43.4 Å². The smallest absolute Gasteiger partial charge is 0.237 e. The summed E-state index contributed by atoms with van der Waals surface area (Å²) in [6, 6.07) is 11.8. The molecule has 3 aromatic rings. The van der Waals surface area contributed by atoms with E-state index in [4.69, 9.17) is 20.9 Å². The summed E-state index contributed by atoms with van der Waals surface area (Å²) in [4.78, 5) is 42.0. The number of carbonyl (C=O) groups is 2. The summed E-state index contributed by atoms with van der Waals surface area (Å²) in [6.45, 7) is 4.69. The summed E-state index contributed by atoms with van der Waals surface area (Å²) in [7, 11) is 1.85. The first-order chi connectivity index (χ1) is 22.3. The van der Waals surface area contributed by atoms with Crippen LogP contribution in [0.4, 0.5) is 11.5 Å². The normalized spacial score (nSPS) is 22.5. The fourth-order valence-corrected chi connectivity index (χ4v) is 7.27. The maximum atomic E-state index is 13.9. The second kappa shape index (κ2) is 12.4. The van der Waals surface area contributed by atoms with Crippen LogP contribution >= 0.6 is 0 Å². The molecule has 12 nitrogen and oxygen atoms in total. The standard InChI is InChI=1S/C34H41N9O3/c1-40-22-37-32(39-40)26-4-2-23(3-5-26)24-8-14-42(15-9-24)29(44)20-41-16-12-34(21-41)13-17-43(33(34)45)28-7-6-27(35)31(38-28)30(36)25-10-18-46-19-11-25/h2-8,22,25,36H,9-21,35H2,1H3/t34-/m0/s1. The number of likely N-dealkylation sites (tertiary alicyclic amines) is 1. The van der Waals surface area contributed by atoms with Crippen LogP contribution in [0.25, 0.3) is 17.0 Å². The Morgan fingerprint density at radius 1 is 1.07 bits per heavy atom. The molecule has 46 heavy (non-hydrogen) atoms. The van der Waals surface area contributed by atoms with Crippen molar-refractivity contribution in [1.29, 1.82) is 5.41 Å². The molecule has 3 fully saturated rings. The lowest BCUT2D eigenvalue weighted by Crippen LogP contribution is -2.43. The molecule has 2 amide bonds. The van der Waals surface area contributed by atoms with Crippen molar-refractivity contribution >= 4 is 34.6 Å². The Morgan fingerprint density at radius 3 is 2.54 bits per heavy atom. The molecule has 0 aliphatic carbocycles. The Labute approximate surface area is 268 Å². The van der Waals surface area contributed by atoms with Crippen LogP contribution in [0.5, 0.6) is 0 Å². The van der Waals surface area contributed by atoms with Crippen LogP contribution in [0.3, 0.4) is 0 Å². The zero-order valence-electron chi connectivity index (χ0n) is 26.3. The van der Waals surface area contributed by atoms with Gasteiger partial charge in [-0.3, -0.25) is 24.1 Å². The summed E-state index contributed by atoms with van der Waals surface area (Å²) < 4.78 is 7.15. The van der Waals surface area contributed by atoms with Crippen LogP contribution < -0.4 is 10.6 Å². The predicted molar refractivity (Wildman–Crippen MR) is 175 cm³/mol. The van der Waals surface area contributed by atoms with Crippen LogP contribution in [0.2, 0.25) is 0 Å². The maximum absolute atomic E-state index is 13.9. The molecule has 3 saturated heterocycles. The number of nitrogens with one attached hydrogen (secondary N) is 1. The number of nitrogens with zero attached hydrogens (tertiary/aromatic N) is 7. The van der Waals surface area contributed by atoms with E-state index in [1.165, 1.54) is 5.57 Å². The molecule has 4 aliphatic rings. The number of pyridine rings is 1. The molecule has 0 unspecified atom stereocenters. The summed E-state index contributed by atoms with van der Waals surface area (Å²) in [5.41, 5.74) is 10.5. The highest BCUT2D eigenvalue weighted by molar-refractivity contribution is 6.04. The lowest BCUT2D eigenvalue weighted by atomic mass is 9.85. The van der Waals surface area contributed by atoms with Crippen LogP contribution in [-0.2, 0) is 21.4 Å². The number of hydrogen-bond donors (Lipinski definition) is 2. The van der Waals surface area contributed by atoms with Crippen molar-refractivity contribution in [3.8, 4) is 11.4 Å². The monoisotopic (exact) mass is 623 g/mol. The van der Waals surface area contributed by atoms with Gasteiger partial charge in [-0.05, 0) is 61.9 Å². The molecule has 0 saturated carbocycles. The maximum Gasteiger partial charge on any atom is 0.237 e. The molecule has 3 N–H and O–H groups in total. The number of anilines is 2. The zero-order chi connectivity index (χ0) is 31.8. The molecule has 4 aliphatic heterocycles. The first-order valence-corrected chi connectivity index (χ1v) is 16.2. The Hall–Kier alpha value is -4.42. The Morgan fingerprint density at radius 2 is 1.83 bits per heavy atom. The Balaban J connectivity index is 0.946. The molecule has 1 spiro atoms. The first-order valence-electron chi connectivity index (χ1n) is 16.2. The minimum Gasteiger partial charge on any atom is -0.397 e. The van der Waals surface area contributed by atoms with E-state index in [0.29, 0.717) is 81.2 Å². The number of aryl methyl sites for hydroxylation is 1. The van der Waals surface area contributed by atoms with Crippen molar-refractivity contribution in [2.24, 2.45) is 18.4 Å². The molecule has 0 bridgehead atoms. The number of benzene rings is 1. The Kier molecular flexibility index (Phi) is 8.16. The van der Waals surface area contributed by atoms with Gasteiger partial charge in [-0.15, -0.1) is 0 Å². The number of hydrogen-bond acceptors (Lipinski definition) is 9. The van der Waals surface area contributed by atoms with E-state index in [1.54, 1.807) is 28.0 Å². The summed E-state index contributed by atoms with van der Waals surface area (Å²) >= 11 is 0. The molecule has 6 heterocycles. The van der Waals surface area contributed by atoms with Gasteiger partial charge in [0.15, 0.2) is 5.82 Å². The third-order valence-corrected chi connectivity index (χ3v) is 10.1. The lowest BCUT2D eigenvalue weighted by Gasteiger charge is -2.29. The van der Waals surface area contributed by atoms with Gasteiger partial charge in [-0.2, -0.15) is 5.10 Å². The summed E-state index contributed by atoms with van der Waals surface area (Å²) in [5.74, 6) is 1.47. The minimum absolute atomic E-state index is 0.0543. The highest BCUT2D eigenvalue weighted by atomic mass is 16.5. The number of nitrogens with two attached hydrogens (primary N) is 1. The largest absolute Gasteiger partial charge is 0.397 e. The van der Waals surface area contributed by atoms with Gasteiger partial charge >= 0.3 is 0 Å². The number of ether oxygens (including phenoxy) is 1. The van der Waals surface area contributed by atoms with E-state index < -0.39 is 5.41 Å². The van der Waals surface area contributed by atoms with Crippen molar-refractivity contribution in [2.75, 3.05) is 63.1 Å². The van der Waals surface area contributed by atoms with Crippen molar-refractivity contribution < 1.29 is 14.3 Å². The lowest BCUT2D eigenvalue weighted by molar-refractivity contribution is -0.132. The van der Waals surface area contributed by atoms with E-state index in [-0.39, 0.29) is 17.7 Å². The third kappa shape index (κ3) is 5.82. The quantitative estimate of drug-likeness (QED) is 0.382. The van der Waals surface area contributed by atoms with Crippen LogP contribution in [-0.4, -0.2) is 99.6 Å². The molecule has 7 rings (SSSR count). The molecule has 1 aromatic carbocycles. The van der Waals surface area contributed by atoms with Gasteiger partial charge in [-0.25, -0.2) is 9.97 Å². The number of rotatable bonds is 7. The molecule has 0 radical (unpaired) electrons. The Bertz CT molecular complexity index is 1680. The molecular formula is C34H41N9O3. The molecule has 240 valence electrons. The van der Waals surface area contributed by atoms with E-state index in [0.717, 1.165) is 43.2 Å². The second-order valence-corrected chi connectivity index (χ2v) is 13.0. The van der Waals surface area contributed by atoms with Gasteiger partial charge in [0.25, 0.3) is 0 Å². The van der Waals surface area contributed by atoms with E-state index in [2.05, 4.69) is 33.2 Å². The number of amides is 2. The number of carbonyl (C=O) groups excluding carboxylic acids is 2. The third-order valence-electron chi connectivity index (χ3n) is 10.1. The fraction of sp³-hybridized carbons (Fsp3) is 0.471. The average Bonchev–Trinajstić information content (AvgIpc) is 3.80. The van der Waals surface area contributed by atoms with Gasteiger partial charge in [-0.1, -0.05) is 30.3 Å². The molecule has 2 aromatic heterocycles. The van der Waals surface area contributed by atoms with E-state index in [9.17, 15) is 9.59 Å². The topological polar surface area (TPSA) is 147 Å². The molecule has 1 atom stereocenters. The summed E-state index contributed by atoms with van der Waals surface area (Å²) in [6.07, 6.45) is 7.64. The van der Waals surface area contributed by atoms with Crippen LogP contribution in [0, 0.1) is 16.7 Å². The van der Waals surface area contributed by atoms with Crippen molar-refractivity contribution in [2.45, 2.75) is 32.1 Å². The fourth-order valence-electron chi connectivity index (χ4n) is 7.27. The zero-order valence-corrected chi connectivity index (χ0v) is 26.3. The van der Waals surface area contributed by atoms with Crippen molar-refractivity contribution in [3.63, 3.8) is 0 Å². The van der Waals surface area contributed by atoms with Gasteiger partial charge < -0.3 is 20.8 Å². The highest BCUT2D eigenvalue weighted by Crippen LogP contribution is 2.42. The van der Waals surface area contributed by atoms with E-state index >= 15 is 0 Å². The minimum atomic E-state index is -0.510. The predicted octanol–water partition coefficient (Wildman–Crippen LogP) is 3.00. The van der Waals surface area contributed by atoms with Gasteiger partial charge in [0.2, 0.25) is 11.8 Å². The molecular weight excluding hydrogens is 582 g/mol. The van der Waals surface area contributed by atoms with Crippen LogP contribution in [0.15, 0.2) is 48.8 Å². The van der Waals surface area contributed by atoms with Gasteiger partial charge in [0, 0.05) is 57.9 Å². The summed E-state index contributed by atoms with van der Waals surface area (Å²) in [5, 5.41) is 13.1. The number of nitrogen functional groups attached to an aromatic ring is 1. The van der Waals surface area contributed by atoms with Crippen molar-refractivity contribution in [1.82, 2.24) is 29.5 Å². The second-order valence-electron chi connectivity index (χ2n) is 13.0. The SMILES string of the molecule is Cn1cnc(-c2ccc(C3=CCN(C(=O)CN4CC[C@]5(CCN(c6ccc(N)c(C(=N)C7CCOCC7)n6)C5=O)C4)CC3)cc2)n1. The highest BCUT2D eigenvalue weighted by Gasteiger charge is 2.51.